The van der Waals surface area contributed by atoms with Gasteiger partial charge >= 0.3 is 10.2 Å². The van der Waals surface area contributed by atoms with E-state index in [0.29, 0.717) is 23.2 Å². The van der Waals surface area contributed by atoms with Crippen LogP contribution in [0.4, 0.5) is 5.13 Å². The third-order valence-electron chi connectivity index (χ3n) is 2.64. The lowest BCUT2D eigenvalue weighted by Gasteiger charge is -2.23. The molecule has 0 amide bonds. The number of rotatable bonds is 6. The molecule has 1 aliphatic heterocycles. The minimum absolute atomic E-state index is 0.0186. The van der Waals surface area contributed by atoms with E-state index in [-0.39, 0.29) is 17.9 Å². The van der Waals surface area contributed by atoms with Crippen molar-refractivity contribution in [3.8, 4) is 0 Å². The first-order chi connectivity index (χ1) is 11.3. The highest BCUT2D eigenvalue weighted by Crippen LogP contribution is 2.21. The van der Waals surface area contributed by atoms with Gasteiger partial charge in [0.15, 0.2) is 5.96 Å². The molecule has 0 spiro atoms. The second-order valence-electron chi connectivity index (χ2n) is 4.46. The Morgan fingerprint density at radius 1 is 1.50 bits per heavy atom. The Morgan fingerprint density at radius 3 is 2.92 bits per heavy atom. The predicted octanol–water partition coefficient (Wildman–Crippen LogP) is -1.27. The summed E-state index contributed by atoms with van der Waals surface area (Å²) in [6.07, 6.45) is 0. The predicted molar refractivity (Wildman–Crippen MR) is 97.5 cm³/mol. The van der Waals surface area contributed by atoms with Gasteiger partial charge in [-0.1, -0.05) is 0 Å². The van der Waals surface area contributed by atoms with E-state index in [9.17, 15) is 8.42 Å². The number of aromatic nitrogens is 1. The summed E-state index contributed by atoms with van der Waals surface area (Å²) in [6, 6.07) is 0. The lowest BCUT2D eigenvalue weighted by Crippen LogP contribution is -2.51. The Kier molecular flexibility index (Phi) is 5.84. The summed E-state index contributed by atoms with van der Waals surface area (Å²) in [5, 5.41) is 2.38. The van der Waals surface area contributed by atoms with Crippen molar-refractivity contribution in [3.63, 3.8) is 0 Å². The molecule has 1 aliphatic rings. The molecule has 14 heteroatoms. The van der Waals surface area contributed by atoms with Gasteiger partial charge in [0.2, 0.25) is 17.1 Å². The van der Waals surface area contributed by atoms with E-state index in [1.54, 1.807) is 11.8 Å². The number of hydrogen-bond acceptors (Lipinski definition) is 8. The number of thiazole rings is 1. The largest absolute Gasteiger partial charge is 0.370 e. The molecule has 0 aromatic carbocycles. The number of aliphatic imine (C=N–C) groups is 3. The van der Waals surface area contributed by atoms with Gasteiger partial charge in [-0.05, 0) is 0 Å². The number of hydrogen-bond donors (Lipinski definition) is 4. The summed E-state index contributed by atoms with van der Waals surface area (Å²) in [6.45, 7) is 0.383. The Morgan fingerprint density at radius 2 is 2.25 bits per heavy atom. The minimum atomic E-state index is -3.70. The summed E-state index contributed by atoms with van der Waals surface area (Å²) in [5.74, 6) is 1.15. The maximum atomic E-state index is 11.7. The molecule has 24 heavy (non-hydrogen) atoms. The van der Waals surface area contributed by atoms with Crippen molar-refractivity contribution in [3.05, 3.63) is 11.1 Å². The molecule has 0 saturated heterocycles. The van der Waals surface area contributed by atoms with Gasteiger partial charge in [0.1, 0.15) is 0 Å². The molecule has 132 valence electrons. The third kappa shape index (κ3) is 4.97. The highest BCUT2D eigenvalue weighted by molar-refractivity contribution is 7.98. The molecular formula is C10H17N9O2S3. The van der Waals surface area contributed by atoms with Crippen molar-refractivity contribution in [2.45, 2.75) is 5.75 Å². The Balaban J connectivity index is 1.81. The van der Waals surface area contributed by atoms with Gasteiger partial charge in [0.25, 0.3) is 0 Å². The summed E-state index contributed by atoms with van der Waals surface area (Å²) >= 11 is 2.94. The molecule has 1 aromatic rings. The van der Waals surface area contributed by atoms with Gasteiger partial charge in [-0.2, -0.15) is 30.2 Å². The zero-order valence-corrected chi connectivity index (χ0v) is 15.2. The molecular weight excluding hydrogens is 374 g/mol. The first kappa shape index (κ1) is 18.3. The summed E-state index contributed by atoms with van der Waals surface area (Å²) < 4.78 is 26.4. The van der Waals surface area contributed by atoms with Crippen LogP contribution < -0.4 is 21.9 Å². The molecule has 0 aliphatic carbocycles. The lowest BCUT2D eigenvalue weighted by molar-refractivity contribution is 0.543. The molecule has 0 atom stereocenters. The molecule has 2 heterocycles. The number of guanidine groups is 3. The summed E-state index contributed by atoms with van der Waals surface area (Å²) in [7, 11) is -2.40. The SMILES string of the molecule is CN1C(N)=NC(=NCCSCc2csc(N=C(N)N)n2)NS1(=O)=O. The van der Waals surface area contributed by atoms with Crippen molar-refractivity contribution in [1.29, 1.82) is 0 Å². The maximum Gasteiger partial charge on any atom is 0.328 e. The summed E-state index contributed by atoms with van der Waals surface area (Å²) in [5.41, 5.74) is 17.0. The zero-order valence-electron chi connectivity index (χ0n) is 12.7. The quantitative estimate of drug-likeness (QED) is 0.265. The lowest BCUT2D eigenvalue weighted by atomic mass is 10.6. The maximum absolute atomic E-state index is 11.7. The Labute approximate surface area is 147 Å². The van der Waals surface area contributed by atoms with Crippen LogP contribution in [0.3, 0.4) is 0 Å². The van der Waals surface area contributed by atoms with Crippen molar-refractivity contribution in [2.24, 2.45) is 32.2 Å². The van der Waals surface area contributed by atoms with Crippen LogP contribution in [-0.4, -0.2) is 54.9 Å². The van der Waals surface area contributed by atoms with Gasteiger partial charge in [0, 0.05) is 23.9 Å². The third-order valence-corrected chi connectivity index (χ3v) is 5.74. The van der Waals surface area contributed by atoms with E-state index in [1.807, 2.05) is 5.38 Å². The molecule has 0 fully saturated rings. The zero-order chi connectivity index (χ0) is 17.7. The number of thioether (sulfide) groups is 1. The van der Waals surface area contributed by atoms with Crippen molar-refractivity contribution in [1.82, 2.24) is 14.0 Å². The molecule has 0 radical (unpaired) electrons. The fourth-order valence-corrected chi connectivity index (χ4v) is 3.79. The van der Waals surface area contributed by atoms with Crippen molar-refractivity contribution >= 4 is 56.3 Å². The normalized spacial score (nSPS) is 18.1. The highest BCUT2D eigenvalue weighted by atomic mass is 32.2. The topological polar surface area (TPSA) is 177 Å². The van der Waals surface area contributed by atoms with Gasteiger partial charge < -0.3 is 17.2 Å². The van der Waals surface area contributed by atoms with Crippen molar-refractivity contribution in [2.75, 3.05) is 19.3 Å². The first-order valence-corrected chi connectivity index (χ1v) is 10.0. The van der Waals surface area contributed by atoms with E-state index in [4.69, 9.17) is 17.2 Å². The Bertz CT molecular complexity index is 779. The van der Waals surface area contributed by atoms with Crippen LogP contribution in [0.2, 0.25) is 0 Å². The molecule has 2 rings (SSSR count). The minimum Gasteiger partial charge on any atom is -0.370 e. The van der Waals surface area contributed by atoms with Crippen LogP contribution in [0.25, 0.3) is 0 Å². The van der Waals surface area contributed by atoms with Crippen LogP contribution in [0.5, 0.6) is 0 Å². The number of nitrogens with two attached hydrogens (primary N) is 3. The van der Waals surface area contributed by atoms with E-state index < -0.39 is 10.2 Å². The summed E-state index contributed by atoms with van der Waals surface area (Å²) in [4.78, 5) is 16.1. The van der Waals surface area contributed by atoms with Crippen molar-refractivity contribution < 1.29 is 8.42 Å². The Hall–Kier alpha value is -2.06. The second-order valence-corrected chi connectivity index (χ2v) is 8.10. The monoisotopic (exact) mass is 391 g/mol. The molecule has 0 unspecified atom stereocenters. The molecule has 0 bridgehead atoms. The number of nitrogens with zero attached hydrogens (tertiary/aromatic N) is 5. The van der Waals surface area contributed by atoms with E-state index >= 15 is 0 Å². The van der Waals surface area contributed by atoms with Gasteiger partial charge in [0.05, 0.1) is 12.2 Å². The van der Waals surface area contributed by atoms with Crippen LogP contribution in [0, 0.1) is 0 Å². The molecule has 11 nitrogen and oxygen atoms in total. The van der Waals surface area contributed by atoms with E-state index in [0.717, 1.165) is 10.00 Å². The smallest absolute Gasteiger partial charge is 0.328 e. The van der Waals surface area contributed by atoms with Gasteiger partial charge in [-0.3, -0.25) is 0 Å². The second kappa shape index (κ2) is 7.67. The standard InChI is InChI=1S/C10H17N9O2S3/c1-19-8(13)17-9(18-24(19,20)21)14-2-3-22-4-6-5-23-10(15-6)16-7(11)12/h5H,2-4H2,1H3,(H4,11,12,15,16)(H3,13,14,17,18). The average Bonchev–Trinajstić information content (AvgIpc) is 2.90. The van der Waals surface area contributed by atoms with Crippen LogP contribution in [0.15, 0.2) is 20.4 Å². The fraction of sp³-hybridized carbons (Fsp3) is 0.400. The first-order valence-electron chi connectivity index (χ1n) is 6.55. The fourth-order valence-electron chi connectivity index (χ4n) is 1.49. The van der Waals surface area contributed by atoms with Gasteiger partial charge in [-0.15, -0.1) is 11.3 Å². The number of nitrogens with one attached hydrogen (secondary N) is 1. The molecule has 7 N–H and O–H groups in total. The van der Waals surface area contributed by atoms with E-state index in [2.05, 4.69) is 24.7 Å². The van der Waals surface area contributed by atoms with Crippen LogP contribution in [0.1, 0.15) is 5.69 Å². The van der Waals surface area contributed by atoms with E-state index in [1.165, 1.54) is 18.4 Å². The molecule has 0 saturated carbocycles. The molecule has 1 aromatic heterocycles. The van der Waals surface area contributed by atoms with Crippen LogP contribution in [-0.2, 0) is 16.0 Å². The average molecular weight is 392 g/mol. The van der Waals surface area contributed by atoms with Gasteiger partial charge in [-0.25, -0.2) is 19.0 Å². The van der Waals surface area contributed by atoms with Crippen LogP contribution >= 0.6 is 23.1 Å². The highest BCUT2D eigenvalue weighted by Gasteiger charge is 2.26.